The molecule has 0 radical (unpaired) electrons. The summed E-state index contributed by atoms with van der Waals surface area (Å²) in [5.41, 5.74) is 1.72. The summed E-state index contributed by atoms with van der Waals surface area (Å²) in [4.78, 5) is 0. The van der Waals surface area contributed by atoms with Gasteiger partial charge in [-0.1, -0.05) is 58.0 Å². The van der Waals surface area contributed by atoms with E-state index in [0.717, 1.165) is 0 Å². The molecule has 0 spiro atoms. The van der Waals surface area contributed by atoms with Gasteiger partial charge >= 0.3 is 0 Å². The first-order valence-electron chi connectivity index (χ1n) is 6.85. The molecule has 1 unspecified atom stereocenters. The summed E-state index contributed by atoms with van der Waals surface area (Å²) in [5.74, 6) is 0.639. The van der Waals surface area contributed by atoms with Crippen molar-refractivity contribution in [3.63, 3.8) is 0 Å². The number of benzene rings is 1. The second-order valence-corrected chi connectivity index (χ2v) is 5.24. The summed E-state index contributed by atoms with van der Waals surface area (Å²) in [6.07, 6.45) is 2.36. The molecule has 0 aliphatic rings. The molecule has 1 nitrogen and oxygen atoms in total. The van der Waals surface area contributed by atoms with Crippen molar-refractivity contribution in [2.24, 2.45) is 5.92 Å². The van der Waals surface area contributed by atoms with Gasteiger partial charge in [0.05, 0.1) is 0 Å². The molecule has 1 aromatic carbocycles. The SMILES string of the molecule is CCC(CC)(c1ccccc1)C(NC)C(C)C. The van der Waals surface area contributed by atoms with E-state index in [4.69, 9.17) is 0 Å². The highest BCUT2D eigenvalue weighted by Crippen LogP contribution is 2.37. The maximum absolute atomic E-state index is 3.54. The minimum Gasteiger partial charge on any atom is -0.316 e. The van der Waals surface area contributed by atoms with E-state index >= 15 is 0 Å². The van der Waals surface area contributed by atoms with Crippen LogP contribution in [0.15, 0.2) is 30.3 Å². The van der Waals surface area contributed by atoms with Gasteiger partial charge in [-0.2, -0.15) is 0 Å². The third kappa shape index (κ3) is 2.71. The van der Waals surface area contributed by atoms with Crippen LogP contribution in [0.3, 0.4) is 0 Å². The Bertz CT molecular complexity index is 312. The molecule has 17 heavy (non-hydrogen) atoms. The van der Waals surface area contributed by atoms with Crippen LogP contribution in [0.4, 0.5) is 0 Å². The highest BCUT2D eigenvalue weighted by Gasteiger charge is 2.37. The van der Waals surface area contributed by atoms with Crippen LogP contribution < -0.4 is 5.32 Å². The molecule has 1 heteroatoms. The lowest BCUT2D eigenvalue weighted by Gasteiger charge is -2.42. The van der Waals surface area contributed by atoms with Gasteiger partial charge < -0.3 is 5.32 Å². The normalized spacial score (nSPS) is 14.0. The number of likely N-dealkylation sites (N-methyl/N-ethyl adjacent to an activating group) is 1. The first-order chi connectivity index (χ1) is 8.12. The van der Waals surface area contributed by atoms with Crippen LogP contribution in [0.25, 0.3) is 0 Å². The fourth-order valence-corrected chi connectivity index (χ4v) is 3.30. The number of rotatable bonds is 6. The van der Waals surface area contributed by atoms with E-state index in [-0.39, 0.29) is 5.41 Å². The van der Waals surface area contributed by atoms with Crippen molar-refractivity contribution in [3.8, 4) is 0 Å². The van der Waals surface area contributed by atoms with Gasteiger partial charge in [0, 0.05) is 11.5 Å². The van der Waals surface area contributed by atoms with Crippen molar-refractivity contribution in [2.45, 2.75) is 52.0 Å². The van der Waals surface area contributed by atoms with Crippen molar-refractivity contribution in [3.05, 3.63) is 35.9 Å². The molecule has 0 aliphatic heterocycles. The van der Waals surface area contributed by atoms with Crippen molar-refractivity contribution in [1.82, 2.24) is 5.32 Å². The van der Waals surface area contributed by atoms with Crippen LogP contribution in [0, 0.1) is 5.92 Å². The maximum atomic E-state index is 3.54. The Kier molecular flexibility index (Phi) is 5.20. The van der Waals surface area contributed by atoms with Gasteiger partial charge in [-0.15, -0.1) is 0 Å². The zero-order chi connectivity index (χ0) is 12.9. The molecule has 1 N–H and O–H groups in total. The molecule has 0 aromatic heterocycles. The van der Waals surface area contributed by atoms with E-state index in [0.29, 0.717) is 12.0 Å². The maximum Gasteiger partial charge on any atom is 0.0184 e. The van der Waals surface area contributed by atoms with Gasteiger partial charge in [0.2, 0.25) is 0 Å². The summed E-state index contributed by atoms with van der Waals surface area (Å²) in [7, 11) is 2.09. The first-order valence-corrected chi connectivity index (χ1v) is 6.85. The summed E-state index contributed by atoms with van der Waals surface area (Å²) >= 11 is 0. The molecule has 0 aliphatic carbocycles. The molecule has 0 amide bonds. The van der Waals surface area contributed by atoms with Crippen LogP contribution in [0.5, 0.6) is 0 Å². The minimum absolute atomic E-state index is 0.254. The van der Waals surface area contributed by atoms with E-state index < -0.39 is 0 Å². The minimum atomic E-state index is 0.254. The Balaban J connectivity index is 3.21. The lowest BCUT2D eigenvalue weighted by Crippen LogP contribution is -2.49. The third-order valence-corrected chi connectivity index (χ3v) is 4.18. The Morgan fingerprint density at radius 2 is 1.59 bits per heavy atom. The monoisotopic (exact) mass is 233 g/mol. The summed E-state index contributed by atoms with van der Waals surface area (Å²) < 4.78 is 0. The zero-order valence-electron chi connectivity index (χ0n) is 12.0. The van der Waals surface area contributed by atoms with Crippen molar-refractivity contribution in [1.29, 1.82) is 0 Å². The van der Waals surface area contributed by atoms with E-state index in [2.05, 4.69) is 70.4 Å². The van der Waals surface area contributed by atoms with Crippen molar-refractivity contribution >= 4 is 0 Å². The third-order valence-electron chi connectivity index (χ3n) is 4.18. The summed E-state index contributed by atoms with van der Waals surface area (Å²) in [6.45, 7) is 9.24. The Morgan fingerprint density at radius 3 is 1.94 bits per heavy atom. The van der Waals surface area contributed by atoms with Gasteiger partial charge in [-0.25, -0.2) is 0 Å². The lowest BCUT2D eigenvalue weighted by molar-refractivity contribution is 0.229. The molecular weight excluding hydrogens is 206 g/mol. The van der Waals surface area contributed by atoms with Gasteiger partial charge in [0.25, 0.3) is 0 Å². The van der Waals surface area contributed by atoms with Crippen LogP contribution in [0.2, 0.25) is 0 Å². The highest BCUT2D eigenvalue weighted by molar-refractivity contribution is 5.28. The molecule has 0 fully saturated rings. The summed E-state index contributed by atoms with van der Waals surface area (Å²) in [5, 5.41) is 3.54. The fourth-order valence-electron chi connectivity index (χ4n) is 3.30. The van der Waals surface area contributed by atoms with E-state index in [1.165, 1.54) is 18.4 Å². The molecule has 0 saturated heterocycles. The molecule has 1 rings (SSSR count). The predicted molar refractivity (Wildman–Crippen MR) is 76.4 cm³/mol. The number of nitrogens with one attached hydrogen (secondary N) is 1. The smallest absolute Gasteiger partial charge is 0.0184 e. The van der Waals surface area contributed by atoms with E-state index in [9.17, 15) is 0 Å². The zero-order valence-corrected chi connectivity index (χ0v) is 12.0. The molecular formula is C16H27N. The molecule has 0 saturated carbocycles. The molecule has 0 heterocycles. The van der Waals surface area contributed by atoms with Crippen molar-refractivity contribution in [2.75, 3.05) is 7.05 Å². The molecule has 1 aromatic rings. The van der Waals surface area contributed by atoms with Crippen LogP contribution >= 0.6 is 0 Å². The molecule has 1 atom stereocenters. The lowest BCUT2D eigenvalue weighted by atomic mass is 9.67. The standard InChI is InChI=1S/C16H27N/c1-6-16(7-2,15(17-5)13(3)4)14-11-9-8-10-12-14/h8-13,15,17H,6-7H2,1-5H3. The number of hydrogen-bond donors (Lipinski definition) is 1. The average molecular weight is 233 g/mol. The van der Waals surface area contributed by atoms with E-state index in [1.807, 2.05) is 0 Å². The second kappa shape index (κ2) is 6.20. The topological polar surface area (TPSA) is 12.0 Å². The Hall–Kier alpha value is -0.820. The molecule has 96 valence electrons. The Labute approximate surface area is 107 Å². The van der Waals surface area contributed by atoms with Crippen LogP contribution in [0.1, 0.15) is 46.1 Å². The average Bonchev–Trinajstić information content (AvgIpc) is 2.36. The predicted octanol–water partition coefficient (Wildman–Crippen LogP) is 3.99. The fraction of sp³-hybridized carbons (Fsp3) is 0.625. The van der Waals surface area contributed by atoms with Crippen LogP contribution in [-0.2, 0) is 5.41 Å². The first kappa shape index (κ1) is 14.2. The van der Waals surface area contributed by atoms with E-state index in [1.54, 1.807) is 0 Å². The summed E-state index contributed by atoms with van der Waals surface area (Å²) in [6, 6.07) is 11.5. The second-order valence-electron chi connectivity index (χ2n) is 5.24. The van der Waals surface area contributed by atoms with Gasteiger partial charge in [-0.05, 0) is 31.4 Å². The van der Waals surface area contributed by atoms with Gasteiger partial charge in [0.1, 0.15) is 0 Å². The largest absolute Gasteiger partial charge is 0.316 e. The Morgan fingerprint density at radius 1 is 1.06 bits per heavy atom. The van der Waals surface area contributed by atoms with Gasteiger partial charge in [-0.3, -0.25) is 0 Å². The highest BCUT2D eigenvalue weighted by atomic mass is 14.9. The van der Waals surface area contributed by atoms with Crippen LogP contribution in [-0.4, -0.2) is 13.1 Å². The van der Waals surface area contributed by atoms with Crippen molar-refractivity contribution < 1.29 is 0 Å². The number of hydrogen-bond acceptors (Lipinski definition) is 1. The van der Waals surface area contributed by atoms with Gasteiger partial charge in [0.15, 0.2) is 0 Å². The molecule has 0 bridgehead atoms. The quantitative estimate of drug-likeness (QED) is 0.783.